The van der Waals surface area contributed by atoms with E-state index in [9.17, 15) is 14.5 Å². The van der Waals surface area contributed by atoms with Crippen molar-refractivity contribution in [3.8, 4) is 0 Å². The quantitative estimate of drug-likeness (QED) is 0.686. The van der Waals surface area contributed by atoms with Gasteiger partial charge in [0.25, 0.3) is 5.69 Å². The molecule has 1 N–H and O–H groups in total. The number of hydrogen-bond donors (Lipinski definition) is 1. The summed E-state index contributed by atoms with van der Waals surface area (Å²) in [7, 11) is 0. The number of nitro benzene ring substituents is 1. The van der Waals surface area contributed by atoms with Gasteiger partial charge in [0, 0.05) is 0 Å². The van der Waals surface area contributed by atoms with Crippen LogP contribution in [0.3, 0.4) is 0 Å². The molecule has 1 aromatic heterocycles. The molecule has 0 bridgehead atoms. The maximum atomic E-state index is 13.3. The Morgan fingerprint density at radius 2 is 2.32 bits per heavy atom. The molecule has 100 valence electrons. The van der Waals surface area contributed by atoms with E-state index in [0.29, 0.717) is 11.7 Å². The van der Waals surface area contributed by atoms with Gasteiger partial charge in [0.2, 0.25) is 5.89 Å². The fourth-order valence-corrected chi connectivity index (χ4v) is 1.83. The van der Waals surface area contributed by atoms with Crippen molar-refractivity contribution in [1.29, 1.82) is 0 Å². The molecule has 1 heterocycles. The van der Waals surface area contributed by atoms with E-state index in [1.807, 2.05) is 0 Å². The Labute approximate surface area is 115 Å². The van der Waals surface area contributed by atoms with Gasteiger partial charge in [-0.15, -0.1) is 0 Å². The van der Waals surface area contributed by atoms with Crippen LogP contribution in [0.2, 0.25) is 0 Å². The van der Waals surface area contributed by atoms with Gasteiger partial charge in [0.1, 0.15) is 17.3 Å². The summed E-state index contributed by atoms with van der Waals surface area (Å²) >= 11 is 2.98. The summed E-state index contributed by atoms with van der Waals surface area (Å²) in [6.45, 7) is 1.92. The van der Waals surface area contributed by atoms with Crippen molar-refractivity contribution >= 4 is 27.3 Å². The average Bonchev–Trinajstić information content (AvgIpc) is 2.76. The Bertz CT molecular complexity index is 630. The van der Waals surface area contributed by atoms with Crippen LogP contribution in [-0.2, 0) is 6.54 Å². The van der Waals surface area contributed by atoms with Crippen molar-refractivity contribution in [3.63, 3.8) is 0 Å². The summed E-state index contributed by atoms with van der Waals surface area (Å²) in [6, 6.07) is 2.16. The normalized spacial score (nSPS) is 10.5. The lowest BCUT2D eigenvalue weighted by molar-refractivity contribution is -0.384. The minimum absolute atomic E-state index is 0.143. The smallest absolute Gasteiger partial charge is 0.295 e. The highest BCUT2D eigenvalue weighted by atomic mass is 79.9. The molecule has 0 radical (unpaired) electrons. The van der Waals surface area contributed by atoms with Crippen LogP contribution in [0, 0.1) is 22.9 Å². The molecule has 2 rings (SSSR count). The second-order valence-corrected chi connectivity index (χ2v) is 4.61. The van der Waals surface area contributed by atoms with Gasteiger partial charge in [-0.05, 0) is 28.9 Å². The van der Waals surface area contributed by atoms with Crippen molar-refractivity contribution in [2.75, 3.05) is 5.32 Å². The lowest BCUT2D eigenvalue weighted by Crippen LogP contribution is -2.03. The van der Waals surface area contributed by atoms with Gasteiger partial charge in [-0.3, -0.25) is 10.1 Å². The predicted octanol–water partition coefficient (Wildman–Crippen LogP) is 3.40. The van der Waals surface area contributed by atoms with E-state index < -0.39 is 10.7 Å². The molecule has 0 saturated carbocycles. The van der Waals surface area contributed by atoms with Crippen LogP contribution in [0.25, 0.3) is 0 Å². The fraction of sp³-hybridized carbons (Fsp3) is 0.182. The van der Waals surface area contributed by atoms with Crippen molar-refractivity contribution < 1.29 is 13.7 Å². The summed E-state index contributed by atoms with van der Waals surface area (Å²) in [5.74, 6) is 0.350. The van der Waals surface area contributed by atoms with E-state index in [-0.39, 0.29) is 22.4 Å². The minimum Gasteiger partial charge on any atom is -0.444 e. The van der Waals surface area contributed by atoms with Gasteiger partial charge in [0.15, 0.2) is 0 Å². The number of nitrogens with one attached hydrogen (secondary N) is 1. The van der Waals surface area contributed by atoms with E-state index in [2.05, 4.69) is 26.2 Å². The Hall–Kier alpha value is -1.96. The highest BCUT2D eigenvalue weighted by Crippen LogP contribution is 2.30. The second-order valence-electron chi connectivity index (χ2n) is 3.76. The Balaban J connectivity index is 2.23. The first-order valence-corrected chi connectivity index (χ1v) is 6.05. The van der Waals surface area contributed by atoms with Crippen molar-refractivity contribution in [2.45, 2.75) is 13.5 Å². The highest BCUT2D eigenvalue weighted by Gasteiger charge is 2.17. The SMILES string of the molecule is Cc1cnc(CNc2cc(Br)c(F)cc2[N+](=O)[O-])o1. The zero-order chi connectivity index (χ0) is 14.0. The molecule has 0 unspecified atom stereocenters. The van der Waals surface area contributed by atoms with E-state index >= 15 is 0 Å². The number of oxazole rings is 1. The van der Waals surface area contributed by atoms with E-state index in [1.165, 1.54) is 6.07 Å². The Morgan fingerprint density at radius 1 is 1.58 bits per heavy atom. The third-order valence-corrected chi connectivity index (χ3v) is 2.94. The summed E-state index contributed by atoms with van der Waals surface area (Å²) in [6.07, 6.45) is 1.55. The first-order chi connectivity index (χ1) is 8.97. The molecule has 8 heteroatoms. The summed E-state index contributed by atoms with van der Waals surface area (Å²) in [4.78, 5) is 14.2. The zero-order valence-electron chi connectivity index (χ0n) is 9.81. The van der Waals surface area contributed by atoms with Gasteiger partial charge in [-0.2, -0.15) is 0 Å². The van der Waals surface area contributed by atoms with Gasteiger partial charge < -0.3 is 9.73 Å². The Morgan fingerprint density at radius 3 is 2.89 bits per heavy atom. The van der Waals surface area contributed by atoms with Crippen LogP contribution < -0.4 is 5.32 Å². The van der Waals surface area contributed by atoms with Crippen molar-refractivity contribution in [2.24, 2.45) is 0 Å². The van der Waals surface area contributed by atoms with Crippen molar-refractivity contribution in [3.05, 3.63) is 50.4 Å². The monoisotopic (exact) mass is 329 g/mol. The molecule has 0 fully saturated rings. The molecule has 0 aliphatic rings. The van der Waals surface area contributed by atoms with Crippen LogP contribution in [-0.4, -0.2) is 9.91 Å². The van der Waals surface area contributed by atoms with Gasteiger partial charge in [0.05, 0.1) is 28.2 Å². The summed E-state index contributed by atoms with van der Waals surface area (Å²) in [5, 5.41) is 13.6. The third-order valence-electron chi connectivity index (χ3n) is 2.33. The third kappa shape index (κ3) is 3.08. The number of nitro groups is 1. The number of hydrogen-bond acceptors (Lipinski definition) is 5. The van der Waals surface area contributed by atoms with E-state index in [0.717, 1.165) is 6.07 Å². The molecule has 2 aromatic rings. The molecule has 0 amide bonds. The lowest BCUT2D eigenvalue weighted by atomic mass is 10.2. The van der Waals surface area contributed by atoms with Gasteiger partial charge >= 0.3 is 0 Å². The number of halogens is 2. The molecule has 0 aliphatic heterocycles. The van der Waals surface area contributed by atoms with Crippen LogP contribution in [0.5, 0.6) is 0 Å². The van der Waals surface area contributed by atoms with Crippen LogP contribution in [0.1, 0.15) is 11.7 Å². The highest BCUT2D eigenvalue weighted by molar-refractivity contribution is 9.10. The standard InChI is InChI=1S/C11H9BrFN3O3/c1-6-4-15-11(19-6)5-14-9-2-7(12)8(13)3-10(9)16(17)18/h2-4,14H,5H2,1H3. The average molecular weight is 330 g/mol. The van der Waals surface area contributed by atoms with Gasteiger partial charge in [-0.1, -0.05) is 0 Å². The number of aryl methyl sites for hydroxylation is 1. The maximum Gasteiger partial charge on any atom is 0.295 e. The second kappa shape index (κ2) is 5.35. The number of benzene rings is 1. The van der Waals surface area contributed by atoms with Crippen molar-refractivity contribution in [1.82, 2.24) is 4.98 Å². The van der Waals surface area contributed by atoms with Crippen LogP contribution in [0.4, 0.5) is 15.8 Å². The summed E-state index contributed by atoms with van der Waals surface area (Å²) in [5.41, 5.74) is -0.155. The largest absolute Gasteiger partial charge is 0.444 e. The lowest BCUT2D eigenvalue weighted by Gasteiger charge is -2.06. The molecule has 19 heavy (non-hydrogen) atoms. The fourth-order valence-electron chi connectivity index (χ4n) is 1.48. The first-order valence-electron chi connectivity index (χ1n) is 5.26. The van der Waals surface area contributed by atoms with E-state index in [4.69, 9.17) is 4.42 Å². The molecule has 0 saturated heterocycles. The summed E-state index contributed by atoms with van der Waals surface area (Å²) < 4.78 is 18.6. The maximum absolute atomic E-state index is 13.3. The number of aromatic nitrogens is 1. The number of anilines is 1. The van der Waals surface area contributed by atoms with E-state index in [1.54, 1.807) is 13.1 Å². The molecular formula is C11H9BrFN3O3. The van der Waals surface area contributed by atoms with Gasteiger partial charge in [-0.25, -0.2) is 9.37 Å². The molecule has 0 atom stereocenters. The topological polar surface area (TPSA) is 81.2 Å². The molecule has 1 aromatic carbocycles. The number of nitrogens with zero attached hydrogens (tertiary/aromatic N) is 2. The Kier molecular flexibility index (Phi) is 3.79. The van der Waals surface area contributed by atoms with Crippen LogP contribution in [0.15, 0.2) is 27.2 Å². The molecular weight excluding hydrogens is 321 g/mol. The van der Waals surface area contributed by atoms with Crippen LogP contribution >= 0.6 is 15.9 Å². The predicted molar refractivity (Wildman–Crippen MR) is 69.3 cm³/mol. The minimum atomic E-state index is -0.691. The molecule has 0 aliphatic carbocycles. The number of rotatable bonds is 4. The zero-order valence-corrected chi connectivity index (χ0v) is 11.4. The molecule has 6 nitrogen and oxygen atoms in total. The first kappa shape index (κ1) is 13.5. The molecule has 0 spiro atoms.